The van der Waals surface area contributed by atoms with Gasteiger partial charge >= 0.3 is 0 Å². The molecule has 146 valence electrons. The number of rotatable bonds is 3. The van der Waals surface area contributed by atoms with Gasteiger partial charge < -0.3 is 4.74 Å². The summed E-state index contributed by atoms with van der Waals surface area (Å²) in [5, 5.41) is 1.27. The van der Waals surface area contributed by atoms with Crippen LogP contribution in [0.4, 0.5) is 18.9 Å². The van der Waals surface area contributed by atoms with Gasteiger partial charge in [-0.15, -0.1) is 0 Å². The van der Waals surface area contributed by atoms with E-state index in [1.807, 2.05) is 0 Å². The molecule has 1 atom stereocenters. The third kappa shape index (κ3) is 3.40. The molecule has 1 heterocycles. The van der Waals surface area contributed by atoms with E-state index in [1.54, 1.807) is 30.3 Å². The van der Waals surface area contributed by atoms with Crippen molar-refractivity contribution in [3.8, 4) is 5.75 Å². The van der Waals surface area contributed by atoms with Crippen molar-refractivity contribution in [2.24, 2.45) is 0 Å². The van der Waals surface area contributed by atoms with Gasteiger partial charge in [-0.05, 0) is 30.5 Å². The maximum atomic E-state index is 14.2. The van der Waals surface area contributed by atoms with E-state index in [1.165, 1.54) is 0 Å². The Balaban J connectivity index is 1.81. The van der Waals surface area contributed by atoms with Crippen molar-refractivity contribution >= 4 is 26.5 Å². The maximum absolute atomic E-state index is 14.2. The molecule has 4 rings (SSSR count). The van der Waals surface area contributed by atoms with Crippen molar-refractivity contribution in [3.05, 3.63) is 71.0 Å². The largest absolute Gasteiger partial charge is 0.485 e. The number of fused-ring (bicyclic) bond motifs is 3. The predicted octanol–water partition coefficient (Wildman–Crippen LogP) is 4.69. The molecular weight excluding hydrogens is 391 g/mol. The summed E-state index contributed by atoms with van der Waals surface area (Å²) in [5.74, 6) is -2.77. The molecule has 0 saturated heterocycles. The predicted molar refractivity (Wildman–Crippen MR) is 100 cm³/mol. The molecule has 0 saturated carbocycles. The summed E-state index contributed by atoms with van der Waals surface area (Å²) in [6.45, 7) is 0. The zero-order valence-corrected chi connectivity index (χ0v) is 15.6. The van der Waals surface area contributed by atoms with E-state index < -0.39 is 33.6 Å². The maximum Gasteiger partial charge on any atom is 0.229 e. The average Bonchev–Trinajstić information content (AvgIpc) is 2.63. The topological polar surface area (TPSA) is 55.4 Å². The number of nitrogens with one attached hydrogen (secondary N) is 1. The van der Waals surface area contributed by atoms with Crippen LogP contribution in [0.2, 0.25) is 0 Å². The van der Waals surface area contributed by atoms with E-state index in [0.717, 1.165) is 17.9 Å². The number of benzene rings is 3. The Labute approximate surface area is 160 Å². The number of anilines is 1. The first-order chi connectivity index (χ1) is 13.2. The fourth-order valence-corrected chi connectivity index (χ4v) is 4.08. The Morgan fingerprint density at radius 3 is 2.39 bits per heavy atom. The minimum absolute atomic E-state index is 0.0491. The van der Waals surface area contributed by atoms with Crippen LogP contribution >= 0.6 is 0 Å². The molecule has 8 heteroatoms. The van der Waals surface area contributed by atoms with Gasteiger partial charge in [0.1, 0.15) is 17.7 Å². The molecule has 0 fully saturated rings. The van der Waals surface area contributed by atoms with E-state index in [4.69, 9.17) is 4.74 Å². The van der Waals surface area contributed by atoms with E-state index >= 15 is 0 Å². The normalized spacial score (nSPS) is 16.5. The van der Waals surface area contributed by atoms with Gasteiger partial charge in [-0.3, -0.25) is 4.72 Å². The number of halogens is 3. The summed E-state index contributed by atoms with van der Waals surface area (Å²) >= 11 is 0. The molecule has 0 spiro atoms. The second-order valence-electron chi connectivity index (χ2n) is 6.77. The lowest BCUT2D eigenvalue weighted by atomic mass is 9.93. The van der Waals surface area contributed by atoms with Gasteiger partial charge in [0, 0.05) is 22.4 Å². The molecular formula is C20H16F3NO3S. The lowest BCUT2D eigenvalue weighted by Crippen LogP contribution is -2.18. The zero-order chi connectivity index (χ0) is 20.1. The summed E-state index contributed by atoms with van der Waals surface area (Å²) in [6, 6.07) is 10.1. The SMILES string of the molecule is CS(=O)(=O)Nc1cc2c(c3ccccc13)OC(c1cc(F)c(F)cc1F)CC2. The van der Waals surface area contributed by atoms with Gasteiger partial charge in [0.25, 0.3) is 0 Å². The van der Waals surface area contributed by atoms with Crippen molar-refractivity contribution in [2.45, 2.75) is 18.9 Å². The average molecular weight is 407 g/mol. The minimum Gasteiger partial charge on any atom is -0.485 e. The lowest BCUT2D eigenvalue weighted by molar-refractivity contribution is 0.174. The molecule has 1 unspecified atom stereocenters. The van der Waals surface area contributed by atoms with Crippen molar-refractivity contribution in [1.29, 1.82) is 0 Å². The molecule has 1 aliphatic heterocycles. The standard InChI is InChI=1S/C20H16F3NO3S/c1-28(25,26)24-18-8-11-6-7-19(14-9-16(22)17(23)10-15(14)21)27-20(11)13-5-3-2-4-12(13)18/h2-5,8-10,19,24H,6-7H2,1H3. The van der Waals surface area contributed by atoms with Gasteiger partial charge in [-0.1, -0.05) is 24.3 Å². The Kier molecular flexibility index (Phi) is 4.45. The highest BCUT2D eigenvalue weighted by Crippen LogP contribution is 2.43. The third-order valence-corrected chi connectivity index (χ3v) is 5.28. The van der Waals surface area contributed by atoms with Crippen LogP contribution in [0.5, 0.6) is 5.75 Å². The van der Waals surface area contributed by atoms with Crippen LogP contribution in [0.1, 0.15) is 23.7 Å². The van der Waals surface area contributed by atoms with E-state index in [-0.39, 0.29) is 5.56 Å². The highest BCUT2D eigenvalue weighted by molar-refractivity contribution is 7.92. The van der Waals surface area contributed by atoms with Crippen molar-refractivity contribution in [3.63, 3.8) is 0 Å². The molecule has 4 nitrogen and oxygen atoms in total. The van der Waals surface area contributed by atoms with Gasteiger partial charge in [-0.25, -0.2) is 21.6 Å². The summed E-state index contributed by atoms with van der Waals surface area (Å²) in [6.07, 6.45) is 1.09. The molecule has 28 heavy (non-hydrogen) atoms. The number of hydrogen-bond donors (Lipinski definition) is 1. The summed E-state index contributed by atoms with van der Waals surface area (Å²) in [4.78, 5) is 0. The van der Waals surface area contributed by atoms with Crippen LogP contribution in [-0.2, 0) is 16.4 Å². The van der Waals surface area contributed by atoms with Crippen LogP contribution in [0, 0.1) is 17.5 Å². The van der Waals surface area contributed by atoms with E-state index in [9.17, 15) is 21.6 Å². The monoisotopic (exact) mass is 407 g/mol. The Bertz CT molecular complexity index is 1200. The number of aryl methyl sites for hydroxylation is 1. The fourth-order valence-electron chi connectivity index (χ4n) is 3.51. The Morgan fingerprint density at radius 2 is 1.68 bits per heavy atom. The Morgan fingerprint density at radius 1 is 1.00 bits per heavy atom. The first kappa shape index (κ1) is 18.6. The van der Waals surface area contributed by atoms with Gasteiger partial charge in [-0.2, -0.15) is 0 Å². The summed E-state index contributed by atoms with van der Waals surface area (Å²) in [7, 11) is -3.48. The molecule has 3 aromatic carbocycles. The van der Waals surface area contributed by atoms with Crippen LogP contribution < -0.4 is 9.46 Å². The van der Waals surface area contributed by atoms with E-state index in [0.29, 0.717) is 41.1 Å². The quantitative estimate of drug-likeness (QED) is 0.641. The molecule has 0 amide bonds. The highest BCUT2D eigenvalue weighted by Gasteiger charge is 2.27. The first-order valence-electron chi connectivity index (χ1n) is 8.56. The smallest absolute Gasteiger partial charge is 0.229 e. The lowest BCUT2D eigenvalue weighted by Gasteiger charge is -2.28. The van der Waals surface area contributed by atoms with E-state index in [2.05, 4.69) is 4.72 Å². The van der Waals surface area contributed by atoms with Gasteiger partial charge in [0.2, 0.25) is 10.0 Å². The minimum atomic E-state index is -3.48. The molecule has 0 bridgehead atoms. The van der Waals surface area contributed by atoms with Crippen LogP contribution in [0.25, 0.3) is 10.8 Å². The van der Waals surface area contributed by atoms with Gasteiger partial charge in [0.15, 0.2) is 11.6 Å². The highest BCUT2D eigenvalue weighted by atomic mass is 32.2. The molecule has 1 aliphatic rings. The molecule has 1 N–H and O–H groups in total. The number of sulfonamides is 1. The number of hydrogen-bond acceptors (Lipinski definition) is 3. The van der Waals surface area contributed by atoms with Crippen LogP contribution in [0.15, 0.2) is 42.5 Å². The number of ether oxygens (including phenoxy) is 1. The Hall–Kier alpha value is -2.74. The third-order valence-electron chi connectivity index (χ3n) is 4.69. The molecule has 0 aromatic heterocycles. The van der Waals surface area contributed by atoms with Crippen LogP contribution in [-0.4, -0.2) is 14.7 Å². The van der Waals surface area contributed by atoms with Crippen LogP contribution in [0.3, 0.4) is 0 Å². The van der Waals surface area contributed by atoms with Gasteiger partial charge in [0.05, 0.1) is 11.9 Å². The molecule has 0 radical (unpaired) electrons. The zero-order valence-electron chi connectivity index (χ0n) is 14.8. The first-order valence-corrected chi connectivity index (χ1v) is 10.5. The second kappa shape index (κ2) is 6.70. The molecule has 3 aromatic rings. The second-order valence-corrected chi connectivity index (χ2v) is 8.51. The van der Waals surface area contributed by atoms with Crippen molar-refractivity contribution in [2.75, 3.05) is 11.0 Å². The van der Waals surface area contributed by atoms with Crippen molar-refractivity contribution in [1.82, 2.24) is 0 Å². The molecule has 0 aliphatic carbocycles. The fraction of sp³-hybridized carbons (Fsp3) is 0.200. The summed E-state index contributed by atoms with van der Waals surface area (Å²) < 4.78 is 72.9. The summed E-state index contributed by atoms with van der Waals surface area (Å²) in [5.41, 5.74) is 1.13. The van der Waals surface area contributed by atoms with Crippen molar-refractivity contribution < 1.29 is 26.3 Å².